The average molecular weight is 480 g/mol. The minimum absolute atomic E-state index is 0.0417. The first-order valence-corrected chi connectivity index (χ1v) is 12.0. The molecule has 1 saturated heterocycles. The van der Waals surface area contributed by atoms with Crippen molar-refractivity contribution in [1.82, 2.24) is 14.9 Å². The van der Waals surface area contributed by atoms with E-state index in [0.717, 1.165) is 60.5 Å². The first-order chi connectivity index (χ1) is 16.2. The van der Waals surface area contributed by atoms with Crippen LogP contribution in [-0.2, 0) is 9.53 Å². The molecule has 0 spiro atoms. The number of aromatic nitrogens is 2. The standard InChI is InChI=1S/C23H22ClN3O.C5H12O/c1-16-2-4-19(5-3-16)23-22(18-6-8-20(24)9-7-18)25-14-21(26-23)17-10-12-27(15-28)13-11-17;1-5(2,3)6-4/h2-9,14-15,17H,10-13H2,1H3;1-4H3. The van der Waals surface area contributed by atoms with E-state index in [0.29, 0.717) is 10.9 Å². The second kappa shape index (κ2) is 11.6. The van der Waals surface area contributed by atoms with Crippen LogP contribution in [0.2, 0.25) is 5.02 Å². The second-order valence-corrected chi connectivity index (χ2v) is 10.0. The summed E-state index contributed by atoms with van der Waals surface area (Å²) in [7, 11) is 1.71. The molecule has 2 heterocycles. The van der Waals surface area contributed by atoms with Crippen LogP contribution in [0.3, 0.4) is 0 Å². The molecule has 5 nitrogen and oxygen atoms in total. The molecule has 4 rings (SSSR count). The van der Waals surface area contributed by atoms with Crippen LogP contribution in [0.1, 0.15) is 50.8 Å². The summed E-state index contributed by atoms with van der Waals surface area (Å²) in [5.41, 5.74) is 6.04. The molecule has 1 aliphatic rings. The molecule has 1 aliphatic heterocycles. The number of nitrogens with zero attached hydrogens (tertiary/aromatic N) is 3. The Kier molecular flexibility index (Phi) is 8.81. The summed E-state index contributed by atoms with van der Waals surface area (Å²) in [5, 5.41) is 0.701. The maximum absolute atomic E-state index is 11.0. The van der Waals surface area contributed by atoms with Crippen LogP contribution in [0.15, 0.2) is 54.7 Å². The summed E-state index contributed by atoms with van der Waals surface area (Å²) in [5.74, 6) is 0.326. The molecule has 6 heteroatoms. The van der Waals surface area contributed by atoms with Gasteiger partial charge in [0.15, 0.2) is 0 Å². The molecule has 1 fully saturated rings. The lowest BCUT2D eigenvalue weighted by molar-refractivity contribution is -0.119. The van der Waals surface area contributed by atoms with Gasteiger partial charge in [0.2, 0.25) is 6.41 Å². The normalized spacial score (nSPS) is 14.4. The summed E-state index contributed by atoms with van der Waals surface area (Å²) < 4.78 is 4.94. The van der Waals surface area contributed by atoms with Gasteiger partial charge in [-0.1, -0.05) is 53.6 Å². The fourth-order valence-corrected chi connectivity index (χ4v) is 3.76. The molecule has 0 aliphatic carbocycles. The summed E-state index contributed by atoms with van der Waals surface area (Å²) in [6, 6.07) is 16.1. The molecule has 0 bridgehead atoms. The Labute approximate surface area is 208 Å². The van der Waals surface area contributed by atoms with Gasteiger partial charge < -0.3 is 9.64 Å². The number of halogens is 1. The van der Waals surface area contributed by atoms with E-state index in [1.165, 1.54) is 5.56 Å². The molecule has 0 unspecified atom stereocenters. The number of hydrogen-bond donors (Lipinski definition) is 0. The summed E-state index contributed by atoms with van der Waals surface area (Å²) in [6.07, 6.45) is 4.66. The van der Waals surface area contributed by atoms with Crippen LogP contribution >= 0.6 is 11.6 Å². The number of aryl methyl sites for hydroxylation is 1. The van der Waals surface area contributed by atoms with Gasteiger partial charge in [-0.05, 0) is 52.7 Å². The lowest BCUT2D eigenvalue weighted by atomic mass is 9.93. The Morgan fingerprint density at radius 2 is 1.50 bits per heavy atom. The maximum Gasteiger partial charge on any atom is 0.209 e. The van der Waals surface area contributed by atoms with Crippen LogP contribution in [0.5, 0.6) is 0 Å². The molecule has 0 atom stereocenters. The largest absolute Gasteiger partial charge is 0.379 e. The van der Waals surface area contributed by atoms with E-state index in [9.17, 15) is 4.79 Å². The maximum atomic E-state index is 11.0. The van der Waals surface area contributed by atoms with E-state index < -0.39 is 0 Å². The van der Waals surface area contributed by atoms with Crippen molar-refractivity contribution < 1.29 is 9.53 Å². The van der Waals surface area contributed by atoms with Crippen LogP contribution in [-0.4, -0.2) is 47.1 Å². The Hall–Kier alpha value is -2.76. The van der Waals surface area contributed by atoms with Gasteiger partial charge in [0.25, 0.3) is 0 Å². The topological polar surface area (TPSA) is 55.3 Å². The minimum atomic E-state index is 0.0417. The van der Waals surface area contributed by atoms with Crippen molar-refractivity contribution in [3.8, 4) is 22.5 Å². The molecule has 180 valence electrons. The van der Waals surface area contributed by atoms with Crippen molar-refractivity contribution in [3.63, 3.8) is 0 Å². The molecule has 34 heavy (non-hydrogen) atoms. The molecule has 0 N–H and O–H groups in total. The lowest BCUT2D eigenvalue weighted by Gasteiger charge is -2.29. The van der Waals surface area contributed by atoms with Gasteiger partial charge in [0.05, 0.1) is 22.7 Å². The average Bonchev–Trinajstić information content (AvgIpc) is 2.85. The number of piperidine rings is 1. The van der Waals surface area contributed by atoms with Crippen molar-refractivity contribution in [2.24, 2.45) is 0 Å². The number of carbonyl (C=O) groups is 1. The summed E-state index contributed by atoms with van der Waals surface area (Å²) >= 11 is 6.06. The zero-order chi connectivity index (χ0) is 24.7. The Balaban J connectivity index is 0.000000481. The van der Waals surface area contributed by atoms with Gasteiger partial charge in [-0.25, -0.2) is 4.98 Å². The van der Waals surface area contributed by atoms with E-state index >= 15 is 0 Å². The van der Waals surface area contributed by atoms with Gasteiger partial charge in [-0.15, -0.1) is 0 Å². The van der Waals surface area contributed by atoms with Gasteiger partial charge in [0.1, 0.15) is 0 Å². The SMILES string of the molecule is COC(C)(C)C.Cc1ccc(-c2nc(C3CCN(C=O)CC3)cnc2-c2ccc(Cl)cc2)cc1. The number of hydrogen-bond acceptors (Lipinski definition) is 4. The third kappa shape index (κ3) is 7.12. The first kappa shape index (κ1) is 25.9. The molecule has 2 aromatic carbocycles. The van der Waals surface area contributed by atoms with Crippen molar-refractivity contribution >= 4 is 18.0 Å². The van der Waals surface area contributed by atoms with Crippen molar-refractivity contribution in [2.75, 3.05) is 20.2 Å². The minimum Gasteiger partial charge on any atom is -0.379 e. The third-order valence-corrected chi connectivity index (χ3v) is 6.20. The predicted octanol–water partition coefficient (Wildman–Crippen LogP) is 6.54. The van der Waals surface area contributed by atoms with Crippen molar-refractivity contribution in [2.45, 2.75) is 52.1 Å². The van der Waals surface area contributed by atoms with E-state index in [2.05, 4.69) is 31.2 Å². The molecule has 0 radical (unpaired) electrons. The Bertz CT molecular complexity index is 1070. The summed E-state index contributed by atoms with van der Waals surface area (Å²) in [6.45, 7) is 9.68. The van der Waals surface area contributed by atoms with Crippen LogP contribution in [0, 0.1) is 6.92 Å². The highest BCUT2D eigenvalue weighted by Crippen LogP contribution is 2.33. The van der Waals surface area contributed by atoms with E-state index in [-0.39, 0.29) is 5.60 Å². The zero-order valence-corrected chi connectivity index (χ0v) is 21.5. The van der Waals surface area contributed by atoms with Crippen LogP contribution < -0.4 is 0 Å². The number of rotatable bonds is 4. The number of benzene rings is 2. The van der Waals surface area contributed by atoms with Gasteiger partial charge in [0, 0.05) is 48.5 Å². The highest BCUT2D eigenvalue weighted by atomic mass is 35.5. The number of methoxy groups -OCH3 is 1. The molecule has 0 saturated carbocycles. The Morgan fingerprint density at radius 3 is 2.03 bits per heavy atom. The lowest BCUT2D eigenvalue weighted by Crippen LogP contribution is -2.32. The van der Waals surface area contributed by atoms with Crippen LogP contribution in [0.25, 0.3) is 22.5 Å². The molecule has 3 aromatic rings. The summed E-state index contributed by atoms with van der Waals surface area (Å²) in [4.78, 5) is 22.7. The number of amides is 1. The highest BCUT2D eigenvalue weighted by molar-refractivity contribution is 6.30. The van der Waals surface area contributed by atoms with Gasteiger partial charge in [-0.3, -0.25) is 9.78 Å². The number of carbonyl (C=O) groups excluding carboxylic acids is 1. The van der Waals surface area contributed by atoms with Gasteiger partial charge in [-0.2, -0.15) is 0 Å². The monoisotopic (exact) mass is 479 g/mol. The number of ether oxygens (including phenoxy) is 1. The quantitative estimate of drug-likeness (QED) is 0.398. The van der Waals surface area contributed by atoms with Crippen LogP contribution in [0.4, 0.5) is 0 Å². The first-order valence-electron chi connectivity index (χ1n) is 11.6. The van der Waals surface area contributed by atoms with E-state index in [1.54, 1.807) is 7.11 Å². The van der Waals surface area contributed by atoms with Crippen molar-refractivity contribution in [3.05, 3.63) is 71.0 Å². The third-order valence-electron chi connectivity index (χ3n) is 5.94. The fraction of sp³-hybridized carbons (Fsp3) is 0.393. The van der Waals surface area contributed by atoms with E-state index in [4.69, 9.17) is 26.3 Å². The molecule has 1 aromatic heterocycles. The number of likely N-dealkylation sites (tertiary alicyclic amines) is 1. The fourth-order valence-electron chi connectivity index (χ4n) is 3.63. The predicted molar refractivity (Wildman–Crippen MR) is 139 cm³/mol. The second-order valence-electron chi connectivity index (χ2n) is 9.60. The highest BCUT2D eigenvalue weighted by Gasteiger charge is 2.23. The van der Waals surface area contributed by atoms with E-state index in [1.807, 2.05) is 56.1 Å². The van der Waals surface area contributed by atoms with Gasteiger partial charge >= 0.3 is 0 Å². The zero-order valence-electron chi connectivity index (χ0n) is 20.7. The molecule has 1 amide bonds. The van der Waals surface area contributed by atoms with Crippen molar-refractivity contribution in [1.29, 1.82) is 0 Å². The molecular formula is C28H34ClN3O2. The smallest absolute Gasteiger partial charge is 0.209 e. The Morgan fingerprint density at radius 1 is 0.971 bits per heavy atom. The molecular weight excluding hydrogens is 446 g/mol.